The van der Waals surface area contributed by atoms with Crippen molar-refractivity contribution in [3.05, 3.63) is 46.0 Å². The van der Waals surface area contributed by atoms with Gasteiger partial charge in [0.25, 0.3) is 0 Å². The number of aromatic nitrogens is 1. The van der Waals surface area contributed by atoms with E-state index in [9.17, 15) is 0 Å². The lowest BCUT2D eigenvalue weighted by atomic mass is 9.70. The fourth-order valence-corrected chi connectivity index (χ4v) is 6.87. The van der Waals surface area contributed by atoms with Gasteiger partial charge in [-0.25, -0.2) is 4.98 Å². The molecule has 0 saturated heterocycles. The first-order valence-electron chi connectivity index (χ1n) is 11.5. The highest BCUT2D eigenvalue weighted by molar-refractivity contribution is 7.19. The van der Waals surface area contributed by atoms with Crippen LogP contribution < -0.4 is 4.74 Å². The standard InChI is InChI=1S/C27H33NOS/c1-16-6-12-20-23(14-16)30-26-25(20)24(17-7-10-19(29-5)11-8-17)21-15-18(27(2,3)4)9-13-22(21)28-26/h7-8,10-11,16,18H,6,9,12-15H2,1-5H3. The van der Waals surface area contributed by atoms with Crippen molar-refractivity contribution in [3.8, 4) is 16.9 Å². The molecule has 2 unspecified atom stereocenters. The first-order valence-corrected chi connectivity index (χ1v) is 12.3. The van der Waals surface area contributed by atoms with Gasteiger partial charge in [-0.2, -0.15) is 0 Å². The Labute approximate surface area is 184 Å². The molecular weight excluding hydrogens is 386 g/mol. The van der Waals surface area contributed by atoms with Gasteiger partial charge in [-0.3, -0.25) is 0 Å². The summed E-state index contributed by atoms with van der Waals surface area (Å²) in [5.41, 5.74) is 7.57. The molecule has 0 spiro atoms. The van der Waals surface area contributed by atoms with E-state index in [0.717, 1.165) is 24.5 Å². The molecule has 1 aromatic carbocycles. The third-order valence-electron chi connectivity index (χ3n) is 7.41. The normalized spacial score (nSPS) is 21.4. The van der Waals surface area contributed by atoms with Gasteiger partial charge < -0.3 is 4.74 Å². The quantitative estimate of drug-likeness (QED) is 0.436. The highest BCUT2D eigenvalue weighted by Gasteiger charge is 2.33. The van der Waals surface area contributed by atoms with Crippen LogP contribution in [-0.4, -0.2) is 12.1 Å². The molecule has 30 heavy (non-hydrogen) atoms. The lowest BCUT2D eigenvalue weighted by Crippen LogP contribution is -2.27. The molecule has 2 aromatic heterocycles. The third-order valence-corrected chi connectivity index (χ3v) is 8.56. The second-order valence-electron chi connectivity index (χ2n) is 10.5. The highest BCUT2D eigenvalue weighted by atomic mass is 32.1. The molecule has 0 radical (unpaired) electrons. The van der Waals surface area contributed by atoms with Crippen molar-refractivity contribution in [2.75, 3.05) is 7.11 Å². The number of hydrogen-bond donors (Lipinski definition) is 0. The summed E-state index contributed by atoms with van der Waals surface area (Å²) in [6.07, 6.45) is 7.21. The maximum atomic E-state index is 5.44. The van der Waals surface area contributed by atoms with E-state index in [0.29, 0.717) is 11.3 Å². The van der Waals surface area contributed by atoms with Gasteiger partial charge in [0, 0.05) is 16.0 Å². The van der Waals surface area contributed by atoms with E-state index in [-0.39, 0.29) is 0 Å². The molecular formula is C27H33NOS. The lowest BCUT2D eigenvalue weighted by Gasteiger charge is -2.35. The largest absolute Gasteiger partial charge is 0.497 e. The summed E-state index contributed by atoms with van der Waals surface area (Å²) in [6, 6.07) is 8.73. The van der Waals surface area contributed by atoms with Gasteiger partial charge in [0.15, 0.2) is 0 Å². The van der Waals surface area contributed by atoms with Crippen LogP contribution in [0.4, 0.5) is 0 Å². The van der Waals surface area contributed by atoms with Crippen LogP contribution in [0.15, 0.2) is 24.3 Å². The van der Waals surface area contributed by atoms with Crippen molar-refractivity contribution in [3.63, 3.8) is 0 Å². The zero-order chi connectivity index (χ0) is 21.0. The van der Waals surface area contributed by atoms with E-state index < -0.39 is 0 Å². The van der Waals surface area contributed by atoms with Crippen LogP contribution in [0.5, 0.6) is 5.75 Å². The molecule has 0 N–H and O–H groups in total. The molecule has 0 saturated carbocycles. The minimum atomic E-state index is 0.327. The maximum Gasteiger partial charge on any atom is 0.124 e. The Morgan fingerprint density at radius 3 is 2.47 bits per heavy atom. The van der Waals surface area contributed by atoms with Crippen molar-refractivity contribution >= 4 is 21.6 Å². The van der Waals surface area contributed by atoms with Crippen molar-refractivity contribution in [1.82, 2.24) is 4.98 Å². The number of thiophene rings is 1. The van der Waals surface area contributed by atoms with Gasteiger partial charge in [0.2, 0.25) is 0 Å². The second-order valence-corrected chi connectivity index (χ2v) is 11.6. The molecule has 0 amide bonds. The molecule has 0 bridgehead atoms. The number of pyridine rings is 1. The van der Waals surface area contributed by atoms with E-state index in [2.05, 4.69) is 52.0 Å². The van der Waals surface area contributed by atoms with Crippen LogP contribution in [0.1, 0.15) is 62.2 Å². The molecule has 2 aliphatic rings. The molecule has 0 aliphatic heterocycles. The number of ether oxygens (including phenoxy) is 1. The molecule has 2 aliphatic carbocycles. The second kappa shape index (κ2) is 7.37. The molecule has 5 rings (SSSR count). The summed E-state index contributed by atoms with van der Waals surface area (Å²) in [6.45, 7) is 9.59. The first-order chi connectivity index (χ1) is 14.3. The van der Waals surface area contributed by atoms with Crippen LogP contribution >= 0.6 is 11.3 Å². The Morgan fingerprint density at radius 2 is 1.77 bits per heavy atom. The monoisotopic (exact) mass is 419 g/mol. The van der Waals surface area contributed by atoms with Gasteiger partial charge in [-0.05, 0) is 90.2 Å². The average molecular weight is 420 g/mol. The smallest absolute Gasteiger partial charge is 0.124 e. The predicted molar refractivity (Wildman–Crippen MR) is 128 cm³/mol. The Bertz CT molecular complexity index is 1090. The zero-order valence-electron chi connectivity index (χ0n) is 19.0. The summed E-state index contributed by atoms with van der Waals surface area (Å²) in [5.74, 6) is 2.41. The van der Waals surface area contributed by atoms with Crippen LogP contribution in [0.3, 0.4) is 0 Å². The summed E-state index contributed by atoms with van der Waals surface area (Å²) in [5, 5.41) is 1.46. The number of fused-ring (bicyclic) bond motifs is 4. The molecule has 158 valence electrons. The van der Waals surface area contributed by atoms with Crippen LogP contribution in [0.25, 0.3) is 21.3 Å². The maximum absolute atomic E-state index is 5.44. The number of rotatable bonds is 2. The van der Waals surface area contributed by atoms with Crippen LogP contribution in [-0.2, 0) is 25.7 Å². The molecule has 2 nitrogen and oxygen atoms in total. The Hall–Kier alpha value is -1.87. The summed E-state index contributed by atoms with van der Waals surface area (Å²) in [4.78, 5) is 8.13. The summed E-state index contributed by atoms with van der Waals surface area (Å²) < 4.78 is 5.44. The third kappa shape index (κ3) is 3.36. The number of aryl methyl sites for hydroxylation is 2. The lowest BCUT2D eigenvalue weighted by molar-refractivity contribution is 0.215. The summed E-state index contributed by atoms with van der Waals surface area (Å²) in [7, 11) is 1.74. The zero-order valence-corrected chi connectivity index (χ0v) is 19.8. The first kappa shape index (κ1) is 20.1. The van der Waals surface area contributed by atoms with Crippen molar-refractivity contribution in [2.45, 2.75) is 66.2 Å². The topological polar surface area (TPSA) is 22.1 Å². The fourth-order valence-electron chi connectivity index (χ4n) is 5.46. The van der Waals surface area contributed by atoms with E-state index in [1.807, 2.05) is 11.3 Å². The minimum Gasteiger partial charge on any atom is -0.497 e. The average Bonchev–Trinajstić information content (AvgIpc) is 3.07. The van der Waals surface area contributed by atoms with E-state index in [1.165, 1.54) is 58.3 Å². The fraction of sp³-hybridized carbons (Fsp3) is 0.519. The van der Waals surface area contributed by atoms with Gasteiger partial charge in [0.05, 0.1) is 7.11 Å². The Kier molecular flexibility index (Phi) is 4.93. The molecule has 2 atom stereocenters. The summed E-state index contributed by atoms with van der Waals surface area (Å²) >= 11 is 1.96. The predicted octanol–water partition coefficient (Wildman–Crippen LogP) is 7.25. The van der Waals surface area contributed by atoms with E-state index in [4.69, 9.17) is 9.72 Å². The van der Waals surface area contributed by atoms with Crippen LogP contribution in [0, 0.1) is 17.3 Å². The van der Waals surface area contributed by atoms with Gasteiger partial charge in [-0.15, -0.1) is 11.3 Å². The Balaban J connectivity index is 1.76. The molecule has 2 heterocycles. The van der Waals surface area contributed by atoms with E-state index >= 15 is 0 Å². The van der Waals surface area contributed by atoms with E-state index in [1.54, 1.807) is 17.6 Å². The van der Waals surface area contributed by atoms with Crippen molar-refractivity contribution in [1.29, 1.82) is 0 Å². The Morgan fingerprint density at radius 1 is 1.00 bits per heavy atom. The molecule has 3 aromatic rings. The van der Waals surface area contributed by atoms with Crippen molar-refractivity contribution in [2.24, 2.45) is 17.3 Å². The van der Waals surface area contributed by atoms with Gasteiger partial charge >= 0.3 is 0 Å². The van der Waals surface area contributed by atoms with Gasteiger partial charge in [-0.1, -0.05) is 39.8 Å². The highest BCUT2D eigenvalue weighted by Crippen LogP contribution is 2.47. The van der Waals surface area contributed by atoms with Crippen LogP contribution in [0.2, 0.25) is 0 Å². The number of methoxy groups -OCH3 is 1. The molecule has 0 fully saturated rings. The molecule has 3 heteroatoms. The van der Waals surface area contributed by atoms with Gasteiger partial charge in [0.1, 0.15) is 10.6 Å². The van der Waals surface area contributed by atoms with Crippen molar-refractivity contribution < 1.29 is 4.74 Å². The number of benzene rings is 1. The minimum absolute atomic E-state index is 0.327. The number of hydrogen-bond acceptors (Lipinski definition) is 3. The SMILES string of the molecule is COc1ccc(-c2c3c(nc4sc5c(c24)CCC(C)C5)CCC(C(C)(C)C)C3)cc1. The number of nitrogens with zero attached hydrogens (tertiary/aromatic N) is 1.